The number of rotatable bonds is 4. The van der Waals surface area contributed by atoms with Crippen LogP contribution in [0.15, 0.2) is 24.3 Å². The highest BCUT2D eigenvalue weighted by Crippen LogP contribution is 2.30. The van der Waals surface area contributed by atoms with E-state index in [1.54, 1.807) is 6.07 Å². The molecule has 3 rings (SSSR count). The number of hydrogen-bond acceptors (Lipinski definition) is 5. The summed E-state index contributed by atoms with van der Waals surface area (Å²) in [6.07, 6.45) is 3.49. The first kappa shape index (κ1) is 17.8. The van der Waals surface area contributed by atoms with E-state index in [-0.39, 0.29) is 34.9 Å². The fourth-order valence-electron chi connectivity index (χ4n) is 3.45. The molecule has 0 aromatic heterocycles. The molecule has 134 valence electrons. The SMILES string of the molecule is CN(C)c1cccc(C(=O)NC2CCCCC2N2C(=O)CSC2=O)c1. The van der Waals surface area contributed by atoms with Crippen molar-refractivity contribution in [1.82, 2.24) is 10.2 Å². The Morgan fingerprint density at radius 2 is 2.00 bits per heavy atom. The molecule has 1 aliphatic heterocycles. The number of nitrogens with zero attached hydrogens (tertiary/aromatic N) is 2. The van der Waals surface area contributed by atoms with Crippen LogP contribution in [-0.2, 0) is 4.79 Å². The third kappa shape index (κ3) is 3.81. The topological polar surface area (TPSA) is 69.7 Å². The molecule has 7 heteroatoms. The van der Waals surface area contributed by atoms with Crippen molar-refractivity contribution in [2.75, 3.05) is 24.7 Å². The normalized spacial score (nSPS) is 23.7. The van der Waals surface area contributed by atoms with Gasteiger partial charge in [0, 0.05) is 25.3 Å². The van der Waals surface area contributed by atoms with Gasteiger partial charge in [-0.2, -0.15) is 0 Å². The highest BCUT2D eigenvalue weighted by Gasteiger charge is 2.41. The highest BCUT2D eigenvalue weighted by molar-refractivity contribution is 8.14. The molecule has 1 N–H and O–H groups in total. The van der Waals surface area contributed by atoms with Gasteiger partial charge < -0.3 is 10.2 Å². The van der Waals surface area contributed by atoms with Gasteiger partial charge >= 0.3 is 0 Å². The average Bonchev–Trinajstić information content (AvgIpc) is 2.94. The molecule has 2 atom stereocenters. The fourth-order valence-corrected chi connectivity index (χ4v) is 4.21. The van der Waals surface area contributed by atoms with E-state index in [1.165, 1.54) is 4.90 Å². The zero-order valence-corrected chi connectivity index (χ0v) is 15.3. The lowest BCUT2D eigenvalue weighted by Crippen LogP contribution is -2.54. The van der Waals surface area contributed by atoms with Gasteiger partial charge in [0.2, 0.25) is 5.91 Å². The van der Waals surface area contributed by atoms with Crippen molar-refractivity contribution in [2.45, 2.75) is 37.8 Å². The van der Waals surface area contributed by atoms with Crippen LogP contribution in [0.3, 0.4) is 0 Å². The number of thioether (sulfide) groups is 1. The highest BCUT2D eigenvalue weighted by atomic mass is 32.2. The summed E-state index contributed by atoms with van der Waals surface area (Å²) in [6.45, 7) is 0. The number of imide groups is 1. The molecule has 1 aliphatic carbocycles. The molecule has 2 fully saturated rings. The van der Waals surface area contributed by atoms with Crippen molar-refractivity contribution in [3.05, 3.63) is 29.8 Å². The van der Waals surface area contributed by atoms with Crippen molar-refractivity contribution in [1.29, 1.82) is 0 Å². The van der Waals surface area contributed by atoms with E-state index in [0.29, 0.717) is 5.56 Å². The van der Waals surface area contributed by atoms with Gasteiger partial charge in [-0.25, -0.2) is 0 Å². The van der Waals surface area contributed by atoms with Gasteiger partial charge in [-0.1, -0.05) is 30.7 Å². The largest absolute Gasteiger partial charge is 0.378 e. The second-order valence-electron chi connectivity index (χ2n) is 6.69. The number of carbonyl (C=O) groups is 3. The van der Waals surface area contributed by atoms with E-state index in [0.717, 1.165) is 43.1 Å². The number of anilines is 1. The lowest BCUT2D eigenvalue weighted by Gasteiger charge is -2.36. The van der Waals surface area contributed by atoms with Crippen molar-refractivity contribution >= 4 is 34.5 Å². The van der Waals surface area contributed by atoms with Crippen LogP contribution < -0.4 is 10.2 Å². The van der Waals surface area contributed by atoms with Gasteiger partial charge in [0.15, 0.2) is 0 Å². The first-order valence-electron chi connectivity index (χ1n) is 8.54. The summed E-state index contributed by atoms with van der Waals surface area (Å²) in [5, 5.41) is 2.87. The van der Waals surface area contributed by atoms with Gasteiger partial charge in [0.05, 0.1) is 17.8 Å². The first-order chi connectivity index (χ1) is 12.0. The molecular formula is C18H23N3O3S. The molecule has 0 radical (unpaired) electrons. The van der Waals surface area contributed by atoms with Crippen LogP contribution in [0, 0.1) is 0 Å². The predicted octanol–water partition coefficient (Wildman–Crippen LogP) is 2.49. The zero-order valence-electron chi connectivity index (χ0n) is 14.5. The van der Waals surface area contributed by atoms with Crippen LogP contribution in [0.4, 0.5) is 10.5 Å². The van der Waals surface area contributed by atoms with Crippen molar-refractivity contribution in [3.63, 3.8) is 0 Å². The Labute approximate surface area is 151 Å². The van der Waals surface area contributed by atoms with Gasteiger partial charge in [-0.05, 0) is 31.0 Å². The third-order valence-corrected chi connectivity index (χ3v) is 5.62. The minimum absolute atomic E-state index is 0.143. The third-order valence-electron chi connectivity index (χ3n) is 4.79. The molecule has 3 amide bonds. The monoisotopic (exact) mass is 361 g/mol. The summed E-state index contributed by atoms with van der Waals surface area (Å²) >= 11 is 1.05. The second kappa shape index (κ2) is 7.47. The number of hydrogen-bond donors (Lipinski definition) is 1. The molecule has 1 aromatic carbocycles. The maximum Gasteiger partial charge on any atom is 0.289 e. The van der Waals surface area contributed by atoms with Gasteiger partial charge in [-0.3, -0.25) is 19.3 Å². The molecule has 0 spiro atoms. The van der Waals surface area contributed by atoms with Crippen LogP contribution in [0.2, 0.25) is 0 Å². The van der Waals surface area contributed by atoms with Gasteiger partial charge in [-0.15, -0.1) is 0 Å². The zero-order chi connectivity index (χ0) is 18.0. The number of amides is 3. The molecule has 1 saturated heterocycles. The van der Waals surface area contributed by atoms with Crippen molar-refractivity contribution in [2.24, 2.45) is 0 Å². The van der Waals surface area contributed by atoms with E-state index in [1.807, 2.05) is 37.2 Å². The Morgan fingerprint density at radius 3 is 2.68 bits per heavy atom. The molecular weight excluding hydrogens is 338 g/mol. The number of carbonyl (C=O) groups excluding carboxylic acids is 3. The lowest BCUT2D eigenvalue weighted by atomic mass is 9.89. The predicted molar refractivity (Wildman–Crippen MR) is 99.0 cm³/mol. The molecule has 1 aromatic rings. The number of benzene rings is 1. The van der Waals surface area contributed by atoms with Gasteiger partial charge in [0.1, 0.15) is 0 Å². The molecule has 0 bridgehead atoms. The fraction of sp³-hybridized carbons (Fsp3) is 0.500. The molecule has 2 unspecified atom stereocenters. The smallest absolute Gasteiger partial charge is 0.289 e. The summed E-state index contributed by atoms with van der Waals surface area (Å²) in [5.74, 6) is -0.0935. The standard InChI is InChI=1S/C18H23N3O3S/c1-20(2)13-7-5-6-12(10-13)17(23)19-14-8-3-4-9-15(14)21-16(22)11-25-18(21)24/h5-7,10,14-15H,3-4,8-9,11H2,1-2H3,(H,19,23). The van der Waals surface area contributed by atoms with E-state index in [2.05, 4.69) is 5.32 Å². The van der Waals surface area contributed by atoms with E-state index < -0.39 is 0 Å². The summed E-state index contributed by atoms with van der Waals surface area (Å²) in [5.41, 5.74) is 1.54. The Balaban J connectivity index is 1.75. The first-order valence-corrected chi connectivity index (χ1v) is 9.53. The quantitative estimate of drug-likeness (QED) is 0.892. The average molecular weight is 361 g/mol. The second-order valence-corrected chi connectivity index (χ2v) is 7.62. The summed E-state index contributed by atoms with van der Waals surface area (Å²) in [6, 6.07) is 7.00. The Bertz CT molecular complexity index is 676. The van der Waals surface area contributed by atoms with Crippen LogP contribution in [0.1, 0.15) is 36.0 Å². The summed E-state index contributed by atoms with van der Waals surface area (Å²) in [7, 11) is 3.85. The van der Waals surface area contributed by atoms with Crippen LogP contribution >= 0.6 is 11.8 Å². The lowest BCUT2D eigenvalue weighted by molar-refractivity contribution is -0.127. The minimum Gasteiger partial charge on any atom is -0.378 e. The maximum atomic E-state index is 12.7. The Kier molecular flexibility index (Phi) is 5.32. The van der Waals surface area contributed by atoms with Crippen LogP contribution in [0.5, 0.6) is 0 Å². The van der Waals surface area contributed by atoms with Gasteiger partial charge in [0.25, 0.3) is 11.1 Å². The van der Waals surface area contributed by atoms with E-state index >= 15 is 0 Å². The van der Waals surface area contributed by atoms with Crippen molar-refractivity contribution < 1.29 is 14.4 Å². The molecule has 2 aliphatic rings. The molecule has 1 saturated carbocycles. The molecule has 1 heterocycles. The summed E-state index contributed by atoms with van der Waals surface area (Å²) in [4.78, 5) is 40.1. The molecule has 6 nitrogen and oxygen atoms in total. The Morgan fingerprint density at radius 1 is 1.24 bits per heavy atom. The minimum atomic E-state index is -0.232. The van der Waals surface area contributed by atoms with E-state index in [4.69, 9.17) is 0 Å². The molecule has 25 heavy (non-hydrogen) atoms. The van der Waals surface area contributed by atoms with Crippen LogP contribution in [0.25, 0.3) is 0 Å². The Hall–Kier alpha value is -2.02. The maximum absolute atomic E-state index is 12.7. The van der Waals surface area contributed by atoms with Crippen LogP contribution in [-0.4, -0.2) is 53.9 Å². The van der Waals surface area contributed by atoms with E-state index in [9.17, 15) is 14.4 Å². The number of nitrogens with one attached hydrogen (secondary N) is 1. The summed E-state index contributed by atoms with van der Waals surface area (Å²) < 4.78 is 0. The van der Waals surface area contributed by atoms with Crippen molar-refractivity contribution in [3.8, 4) is 0 Å².